The molecule has 3 N–H and O–H groups in total. The highest BCUT2D eigenvalue weighted by Crippen LogP contribution is 2.41. The van der Waals surface area contributed by atoms with Crippen LogP contribution < -0.4 is 15.0 Å². The lowest BCUT2D eigenvalue weighted by molar-refractivity contribution is -0.107. The molecule has 5 aromatic carbocycles. The Morgan fingerprint density at radius 3 is 2.49 bits per heavy atom. The van der Waals surface area contributed by atoms with Crippen LogP contribution in [0.4, 0.5) is 22.7 Å². The molecule has 0 saturated carbocycles. The van der Waals surface area contributed by atoms with Gasteiger partial charge in [-0.3, -0.25) is 9.59 Å². The Kier molecular flexibility index (Phi) is 8.95. The summed E-state index contributed by atoms with van der Waals surface area (Å²) >= 11 is 6.10. The zero-order valence-electron chi connectivity index (χ0n) is 23.1. The number of methoxy groups -OCH3 is 1. The second kappa shape index (κ2) is 13.2. The van der Waals surface area contributed by atoms with Gasteiger partial charge in [-0.1, -0.05) is 66.2 Å². The number of rotatable bonds is 10. The van der Waals surface area contributed by atoms with E-state index in [1.807, 2.05) is 36.4 Å². The first-order valence-corrected chi connectivity index (χ1v) is 13.6. The number of fused-ring (bicyclic) bond motifs is 1. The number of anilines is 2. The number of aliphatic hydroxyl groups is 1. The van der Waals surface area contributed by atoms with Gasteiger partial charge in [0.25, 0.3) is 5.91 Å². The number of azo groups is 1. The van der Waals surface area contributed by atoms with Crippen LogP contribution in [0.1, 0.15) is 21.5 Å². The van der Waals surface area contributed by atoms with Crippen LogP contribution in [0.15, 0.2) is 107 Å². The van der Waals surface area contributed by atoms with Crippen LogP contribution in [0.3, 0.4) is 0 Å². The number of carbonyl (C=O) groups is 2. The maximum atomic E-state index is 13.4. The summed E-state index contributed by atoms with van der Waals surface area (Å²) in [7, 11) is 1.50. The third kappa shape index (κ3) is 6.48. The lowest BCUT2D eigenvalue weighted by Gasteiger charge is -2.18. The van der Waals surface area contributed by atoms with Crippen molar-refractivity contribution in [3.05, 3.63) is 119 Å². The van der Waals surface area contributed by atoms with Crippen molar-refractivity contribution in [1.82, 2.24) is 0 Å². The van der Waals surface area contributed by atoms with Crippen molar-refractivity contribution >= 4 is 57.4 Å². The van der Waals surface area contributed by atoms with E-state index in [0.29, 0.717) is 38.5 Å². The number of hydrogen-bond donors (Lipinski definition) is 3. The van der Waals surface area contributed by atoms with Gasteiger partial charge in [-0.15, -0.1) is 10.2 Å². The van der Waals surface area contributed by atoms with Crippen molar-refractivity contribution in [2.45, 2.75) is 13.2 Å². The molecular formula is C33H27ClN4O5. The Morgan fingerprint density at radius 1 is 0.977 bits per heavy atom. The number of aromatic hydroxyl groups is 1. The molecule has 0 spiro atoms. The molecule has 5 rings (SSSR count). The number of carbonyl (C=O) groups excluding carboxylic acids is 2. The number of benzene rings is 5. The first kappa shape index (κ1) is 29.2. The van der Waals surface area contributed by atoms with E-state index >= 15 is 0 Å². The molecule has 5 aromatic rings. The molecule has 0 aliphatic carbocycles. The predicted octanol–water partition coefficient (Wildman–Crippen LogP) is 7.53. The van der Waals surface area contributed by atoms with E-state index in [1.54, 1.807) is 59.5 Å². The van der Waals surface area contributed by atoms with Crippen LogP contribution in [0, 0.1) is 0 Å². The Bertz CT molecular complexity index is 1830. The number of amides is 2. The fourth-order valence-electron chi connectivity index (χ4n) is 4.61. The molecular weight excluding hydrogens is 568 g/mol. The van der Waals surface area contributed by atoms with Gasteiger partial charge in [0.2, 0.25) is 6.41 Å². The minimum absolute atomic E-state index is 0.0401. The Balaban J connectivity index is 1.52. The summed E-state index contributed by atoms with van der Waals surface area (Å²) in [4.78, 5) is 26.7. The number of hydrogen-bond acceptors (Lipinski definition) is 7. The highest BCUT2D eigenvalue weighted by atomic mass is 35.5. The van der Waals surface area contributed by atoms with E-state index in [1.165, 1.54) is 13.2 Å². The Labute approximate surface area is 252 Å². The number of halogens is 1. The van der Waals surface area contributed by atoms with Gasteiger partial charge in [-0.05, 0) is 53.4 Å². The molecule has 0 fully saturated rings. The minimum atomic E-state index is -0.619. The molecule has 43 heavy (non-hydrogen) atoms. The molecule has 0 saturated heterocycles. The molecule has 0 radical (unpaired) electrons. The average Bonchev–Trinajstić information content (AvgIpc) is 3.03. The van der Waals surface area contributed by atoms with Crippen LogP contribution in [-0.4, -0.2) is 29.6 Å². The molecule has 2 amide bonds. The first-order chi connectivity index (χ1) is 20.9. The number of phenols is 1. The van der Waals surface area contributed by atoms with Crippen LogP contribution in [-0.2, 0) is 17.9 Å². The van der Waals surface area contributed by atoms with Crippen LogP contribution in [0.25, 0.3) is 10.8 Å². The van der Waals surface area contributed by atoms with Gasteiger partial charge in [0.15, 0.2) is 5.75 Å². The minimum Gasteiger partial charge on any atom is -0.505 e. The molecule has 0 atom stereocenters. The lowest BCUT2D eigenvalue weighted by Crippen LogP contribution is -2.20. The second-order valence-electron chi connectivity index (χ2n) is 9.53. The van der Waals surface area contributed by atoms with E-state index in [9.17, 15) is 19.8 Å². The Morgan fingerprint density at radius 2 is 1.74 bits per heavy atom. The van der Waals surface area contributed by atoms with Crippen molar-refractivity contribution in [3.63, 3.8) is 0 Å². The average molecular weight is 595 g/mol. The van der Waals surface area contributed by atoms with Gasteiger partial charge in [0.05, 0.1) is 25.8 Å². The molecule has 0 unspecified atom stereocenters. The van der Waals surface area contributed by atoms with Gasteiger partial charge in [-0.2, -0.15) is 0 Å². The Hall–Kier alpha value is -5.25. The summed E-state index contributed by atoms with van der Waals surface area (Å²) < 4.78 is 5.49. The van der Waals surface area contributed by atoms with Gasteiger partial charge in [-0.25, -0.2) is 0 Å². The first-order valence-electron chi connectivity index (χ1n) is 13.2. The normalized spacial score (nSPS) is 11.0. The summed E-state index contributed by atoms with van der Waals surface area (Å²) in [6.45, 7) is -0.0317. The third-order valence-electron chi connectivity index (χ3n) is 6.80. The smallest absolute Gasteiger partial charge is 0.259 e. The molecule has 10 heteroatoms. The van der Waals surface area contributed by atoms with E-state index in [4.69, 9.17) is 16.3 Å². The molecule has 0 heterocycles. The number of aliphatic hydroxyl groups excluding tert-OH is 1. The summed E-state index contributed by atoms with van der Waals surface area (Å²) in [5, 5.41) is 34.1. The third-order valence-corrected chi connectivity index (χ3v) is 7.03. The maximum Gasteiger partial charge on any atom is 0.259 e. The van der Waals surface area contributed by atoms with E-state index in [0.717, 1.165) is 17.7 Å². The van der Waals surface area contributed by atoms with Gasteiger partial charge in [0, 0.05) is 27.3 Å². The van der Waals surface area contributed by atoms with Crippen LogP contribution in [0.2, 0.25) is 5.02 Å². The topological polar surface area (TPSA) is 124 Å². The van der Waals surface area contributed by atoms with Gasteiger partial charge < -0.3 is 25.2 Å². The van der Waals surface area contributed by atoms with E-state index in [-0.39, 0.29) is 30.2 Å². The molecule has 216 valence electrons. The zero-order valence-corrected chi connectivity index (χ0v) is 23.8. The van der Waals surface area contributed by atoms with Crippen molar-refractivity contribution in [2.24, 2.45) is 10.2 Å². The molecule has 0 aliphatic rings. The molecule has 0 aromatic heterocycles. The SMILES string of the molecule is COc1ccc(CN(C=O)c2ccccc2)cc1/N=N/c1c(O)c(C(=O)Nc2cc(Cl)ccc2CO)cc2ccccc12. The van der Waals surface area contributed by atoms with E-state index in [2.05, 4.69) is 15.5 Å². The molecule has 9 nitrogen and oxygen atoms in total. The molecule has 0 bridgehead atoms. The van der Waals surface area contributed by atoms with E-state index < -0.39 is 5.91 Å². The quantitative estimate of drug-likeness (QED) is 0.114. The van der Waals surface area contributed by atoms with Gasteiger partial charge in [0.1, 0.15) is 17.1 Å². The standard InChI is InChI=1S/C33H27ClN4O5/c1-43-30-14-11-21(18-38(20-40)25-8-3-2-4-9-25)15-29(30)36-37-31-26-10-6-5-7-22(26)16-27(32(31)41)33(42)35-28-17-24(34)13-12-23(28)19-39/h2-17,20,39,41H,18-19H2,1H3,(H,35,42)/b37-36+. The lowest BCUT2D eigenvalue weighted by atomic mass is 10.0. The summed E-state index contributed by atoms with van der Waals surface area (Å²) in [5.41, 5.74) is 2.71. The van der Waals surface area contributed by atoms with Crippen molar-refractivity contribution in [2.75, 3.05) is 17.3 Å². The van der Waals surface area contributed by atoms with Gasteiger partial charge >= 0.3 is 0 Å². The van der Waals surface area contributed by atoms with Crippen molar-refractivity contribution < 1.29 is 24.5 Å². The number of ether oxygens (including phenoxy) is 1. The van der Waals surface area contributed by atoms with Crippen LogP contribution >= 0.6 is 11.6 Å². The number of nitrogens with one attached hydrogen (secondary N) is 1. The fourth-order valence-corrected chi connectivity index (χ4v) is 4.78. The van der Waals surface area contributed by atoms with Crippen LogP contribution in [0.5, 0.6) is 11.5 Å². The zero-order chi connectivity index (χ0) is 30.3. The largest absolute Gasteiger partial charge is 0.505 e. The second-order valence-corrected chi connectivity index (χ2v) is 9.97. The highest BCUT2D eigenvalue weighted by Gasteiger charge is 2.20. The molecule has 0 aliphatic heterocycles. The number of nitrogens with zero attached hydrogens (tertiary/aromatic N) is 3. The van der Waals surface area contributed by atoms with Crippen molar-refractivity contribution in [3.8, 4) is 11.5 Å². The fraction of sp³-hybridized carbons (Fsp3) is 0.0909. The van der Waals surface area contributed by atoms with Crippen molar-refractivity contribution in [1.29, 1.82) is 0 Å². The number of phenolic OH excluding ortho intramolecular Hbond substituents is 1. The maximum absolute atomic E-state index is 13.4. The predicted molar refractivity (Wildman–Crippen MR) is 167 cm³/mol. The summed E-state index contributed by atoms with van der Waals surface area (Å²) in [6.07, 6.45) is 0.758. The monoisotopic (exact) mass is 594 g/mol. The highest BCUT2D eigenvalue weighted by molar-refractivity contribution is 6.31. The number of para-hydroxylation sites is 1. The summed E-state index contributed by atoms with van der Waals surface area (Å²) in [6, 6.07) is 28.0. The summed E-state index contributed by atoms with van der Waals surface area (Å²) in [5.74, 6) is -0.565.